The largest absolute Gasteiger partial charge is 0.322 e. The summed E-state index contributed by atoms with van der Waals surface area (Å²) in [6.45, 7) is 0. The topological polar surface area (TPSA) is 81.1 Å². The highest BCUT2D eigenvalue weighted by Gasteiger charge is 2.19. The van der Waals surface area contributed by atoms with Crippen LogP contribution < -0.4 is 5.32 Å². The van der Waals surface area contributed by atoms with Crippen LogP contribution in [0.5, 0.6) is 0 Å². The van der Waals surface area contributed by atoms with E-state index >= 15 is 0 Å². The molecule has 0 fully saturated rings. The predicted molar refractivity (Wildman–Crippen MR) is 122 cm³/mol. The van der Waals surface area contributed by atoms with Gasteiger partial charge in [0.1, 0.15) is 5.69 Å². The molecule has 1 amide bonds. The Bertz CT molecular complexity index is 1350. The van der Waals surface area contributed by atoms with E-state index < -0.39 is 9.84 Å². The van der Waals surface area contributed by atoms with Gasteiger partial charge in [-0.1, -0.05) is 48.0 Å². The zero-order chi connectivity index (χ0) is 22.0. The second kappa shape index (κ2) is 8.37. The zero-order valence-electron chi connectivity index (χ0n) is 16.5. The van der Waals surface area contributed by atoms with Gasteiger partial charge in [-0.25, -0.2) is 13.1 Å². The fraction of sp³-hybridized carbons (Fsp3) is 0.0435. The molecule has 0 spiro atoms. The van der Waals surface area contributed by atoms with Crippen molar-refractivity contribution in [1.29, 1.82) is 0 Å². The summed E-state index contributed by atoms with van der Waals surface area (Å²) in [6.07, 6.45) is 2.80. The highest BCUT2D eigenvalue weighted by Crippen LogP contribution is 2.26. The molecule has 1 heterocycles. The summed E-state index contributed by atoms with van der Waals surface area (Å²) in [5.41, 5.74) is 2.75. The summed E-state index contributed by atoms with van der Waals surface area (Å²) >= 11 is 6.02. The second-order valence-corrected chi connectivity index (χ2v) is 9.38. The van der Waals surface area contributed by atoms with E-state index in [-0.39, 0.29) is 10.8 Å². The highest BCUT2D eigenvalue weighted by molar-refractivity contribution is 7.90. The van der Waals surface area contributed by atoms with E-state index in [1.54, 1.807) is 47.3 Å². The number of amides is 1. The van der Waals surface area contributed by atoms with Crippen LogP contribution in [0.3, 0.4) is 0 Å². The van der Waals surface area contributed by atoms with E-state index in [1.807, 2.05) is 30.3 Å². The molecule has 0 atom stereocenters. The lowest BCUT2D eigenvalue weighted by Gasteiger charge is -2.06. The van der Waals surface area contributed by atoms with Crippen LogP contribution in [0, 0.1) is 0 Å². The molecule has 31 heavy (non-hydrogen) atoms. The van der Waals surface area contributed by atoms with Gasteiger partial charge in [0.25, 0.3) is 5.91 Å². The van der Waals surface area contributed by atoms with Gasteiger partial charge < -0.3 is 5.32 Å². The molecule has 4 aromatic rings. The Balaban J connectivity index is 1.77. The average molecular weight is 452 g/mol. The van der Waals surface area contributed by atoms with Crippen LogP contribution in [0.4, 0.5) is 5.69 Å². The van der Waals surface area contributed by atoms with E-state index in [1.165, 1.54) is 12.1 Å². The molecule has 0 saturated carbocycles. The zero-order valence-corrected chi connectivity index (χ0v) is 18.1. The van der Waals surface area contributed by atoms with Crippen molar-refractivity contribution in [2.45, 2.75) is 4.90 Å². The average Bonchev–Trinajstić information content (AvgIpc) is 3.20. The SMILES string of the molecule is CS(=O)(=O)c1ccc(-c2nn(-c3ccccc3)cc2C(=O)Nc2cccc(Cl)c2)cc1. The lowest BCUT2D eigenvalue weighted by Crippen LogP contribution is -2.12. The minimum Gasteiger partial charge on any atom is -0.322 e. The molecule has 0 saturated heterocycles. The summed E-state index contributed by atoms with van der Waals surface area (Å²) in [4.78, 5) is 13.3. The van der Waals surface area contributed by atoms with Crippen molar-refractivity contribution in [3.63, 3.8) is 0 Å². The number of carbonyl (C=O) groups is 1. The molecule has 0 bridgehead atoms. The first-order valence-electron chi connectivity index (χ1n) is 9.34. The van der Waals surface area contributed by atoms with Crippen molar-refractivity contribution in [2.75, 3.05) is 11.6 Å². The quantitative estimate of drug-likeness (QED) is 0.470. The third-order valence-corrected chi connectivity index (χ3v) is 5.98. The minimum absolute atomic E-state index is 0.198. The summed E-state index contributed by atoms with van der Waals surface area (Å²) in [6, 6.07) is 22.6. The van der Waals surface area contributed by atoms with Crippen molar-refractivity contribution in [1.82, 2.24) is 9.78 Å². The number of para-hydroxylation sites is 1. The maximum atomic E-state index is 13.1. The van der Waals surface area contributed by atoms with E-state index in [0.717, 1.165) is 11.9 Å². The van der Waals surface area contributed by atoms with Gasteiger partial charge in [0.05, 0.1) is 16.1 Å². The Morgan fingerprint density at radius 2 is 1.68 bits per heavy atom. The monoisotopic (exact) mass is 451 g/mol. The summed E-state index contributed by atoms with van der Waals surface area (Å²) < 4.78 is 25.2. The molecule has 1 aromatic heterocycles. The number of hydrogen-bond acceptors (Lipinski definition) is 4. The molecular weight excluding hydrogens is 434 g/mol. The van der Waals surface area contributed by atoms with Crippen LogP contribution in [-0.2, 0) is 9.84 Å². The lowest BCUT2D eigenvalue weighted by molar-refractivity contribution is 0.102. The first kappa shape index (κ1) is 20.8. The highest BCUT2D eigenvalue weighted by atomic mass is 35.5. The predicted octanol–water partition coefficient (Wildman–Crippen LogP) is 4.85. The van der Waals surface area contributed by atoms with Gasteiger partial charge in [0.2, 0.25) is 0 Å². The van der Waals surface area contributed by atoms with Gasteiger partial charge >= 0.3 is 0 Å². The minimum atomic E-state index is -3.33. The summed E-state index contributed by atoms with van der Waals surface area (Å²) in [5, 5.41) is 7.95. The van der Waals surface area contributed by atoms with E-state index in [9.17, 15) is 13.2 Å². The van der Waals surface area contributed by atoms with Crippen molar-refractivity contribution in [3.8, 4) is 16.9 Å². The van der Waals surface area contributed by atoms with Crippen LogP contribution in [0.25, 0.3) is 16.9 Å². The molecule has 6 nitrogen and oxygen atoms in total. The number of sulfone groups is 1. The van der Waals surface area contributed by atoms with Crippen molar-refractivity contribution >= 4 is 33.0 Å². The number of halogens is 1. The van der Waals surface area contributed by atoms with Crippen LogP contribution in [-0.4, -0.2) is 30.4 Å². The van der Waals surface area contributed by atoms with Crippen LogP contribution >= 0.6 is 11.6 Å². The third-order valence-electron chi connectivity index (χ3n) is 4.62. The first-order valence-corrected chi connectivity index (χ1v) is 11.6. The van der Waals surface area contributed by atoms with Crippen molar-refractivity contribution < 1.29 is 13.2 Å². The Kier molecular flexibility index (Phi) is 5.63. The number of carbonyl (C=O) groups excluding carboxylic acids is 1. The molecule has 0 aliphatic carbocycles. The molecule has 156 valence electrons. The van der Waals surface area contributed by atoms with Crippen molar-refractivity contribution in [3.05, 3.63) is 95.6 Å². The van der Waals surface area contributed by atoms with Gasteiger partial charge in [0.15, 0.2) is 9.84 Å². The first-order chi connectivity index (χ1) is 14.8. The summed E-state index contributed by atoms with van der Waals surface area (Å²) in [7, 11) is -3.33. The van der Waals surface area contributed by atoms with E-state index in [0.29, 0.717) is 27.5 Å². The lowest BCUT2D eigenvalue weighted by atomic mass is 10.1. The van der Waals surface area contributed by atoms with E-state index in [2.05, 4.69) is 10.4 Å². The third kappa shape index (κ3) is 4.68. The molecule has 0 aliphatic heterocycles. The van der Waals surface area contributed by atoms with Crippen molar-refractivity contribution in [2.24, 2.45) is 0 Å². The van der Waals surface area contributed by atoms with Crippen LogP contribution in [0.2, 0.25) is 5.02 Å². The molecule has 0 radical (unpaired) electrons. The molecule has 1 N–H and O–H groups in total. The number of nitrogens with zero attached hydrogens (tertiary/aromatic N) is 2. The number of hydrogen-bond donors (Lipinski definition) is 1. The molecule has 0 unspecified atom stereocenters. The Morgan fingerprint density at radius 3 is 2.32 bits per heavy atom. The molecule has 4 rings (SSSR count). The second-order valence-electron chi connectivity index (χ2n) is 6.93. The Morgan fingerprint density at radius 1 is 0.968 bits per heavy atom. The number of aromatic nitrogens is 2. The Labute approximate surface area is 185 Å². The van der Waals surface area contributed by atoms with Crippen LogP contribution in [0.1, 0.15) is 10.4 Å². The number of rotatable bonds is 5. The molecular formula is C23H18ClN3O3S. The molecule has 0 aliphatic rings. The number of anilines is 1. The maximum Gasteiger partial charge on any atom is 0.259 e. The van der Waals surface area contributed by atoms with Gasteiger partial charge in [-0.2, -0.15) is 5.10 Å². The normalized spacial score (nSPS) is 11.3. The smallest absolute Gasteiger partial charge is 0.259 e. The van der Waals surface area contributed by atoms with Crippen LogP contribution in [0.15, 0.2) is 90.0 Å². The fourth-order valence-corrected chi connectivity index (χ4v) is 3.91. The van der Waals surface area contributed by atoms with Gasteiger partial charge in [0, 0.05) is 28.7 Å². The molecule has 8 heteroatoms. The number of nitrogens with one attached hydrogen (secondary N) is 1. The van der Waals surface area contributed by atoms with Gasteiger partial charge in [-0.3, -0.25) is 4.79 Å². The van der Waals surface area contributed by atoms with Gasteiger partial charge in [-0.05, 0) is 42.5 Å². The van der Waals surface area contributed by atoms with Gasteiger partial charge in [-0.15, -0.1) is 0 Å². The summed E-state index contributed by atoms with van der Waals surface area (Å²) in [5.74, 6) is -0.355. The number of benzene rings is 3. The maximum absolute atomic E-state index is 13.1. The standard InChI is InChI=1S/C23H18ClN3O3S/c1-31(29,30)20-12-10-16(11-13-20)22-21(15-27(26-22)19-8-3-2-4-9-19)23(28)25-18-7-5-6-17(24)14-18/h2-15H,1H3,(H,25,28). The van der Waals surface area contributed by atoms with E-state index in [4.69, 9.17) is 11.6 Å². The molecule has 3 aromatic carbocycles. The fourth-order valence-electron chi connectivity index (χ4n) is 3.09. The Hall–Kier alpha value is -3.42.